The lowest BCUT2D eigenvalue weighted by atomic mass is 9.99. The van der Waals surface area contributed by atoms with Crippen molar-refractivity contribution in [2.45, 2.75) is 13.3 Å². The molecule has 1 aliphatic carbocycles. The van der Waals surface area contributed by atoms with Crippen molar-refractivity contribution in [1.82, 2.24) is 10.3 Å². The second-order valence-electron chi connectivity index (χ2n) is 4.64. The van der Waals surface area contributed by atoms with Crippen LogP contribution < -0.4 is 5.32 Å². The Kier molecular flexibility index (Phi) is 2.10. The van der Waals surface area contributed by atoms with Gasteiger partial charge in [0.05, 0.1) is 5.69 Å². The topological polar surface area (TPSA) is 24.9 Å². The predicted octanol–water partition coefficient (Wildman–Crippen LogP) is 2.01. The molecule has 1 saturated heterocycles. The fourth-order valence-electron chi connectivity index (χ4n) is 2.69. The monoisotopic (exact) mass is 200 g/mol. The Morgan fingerprint density at radius 3 is 3.07 bits per heavy atom. The minimum atomic E-state index is 0.752. The molecule has 2 nitrogen and oxygen atoms in total. The highest BCUT2D eigenvalue weighted by molar-refractivity contribution is 5.65. The first-order valence-electron chi connectivity index (χ1n) is 5.68. The molecule has 78 valence electrons. The first-order chi connectivity index (χ1) is 7.33. The highest BCUT2D eigenvalue weighted by atomic mass is 14.9. The van der Waals surface area contributed by atoms with E-state index < -0.39 is 0 Å². The highest BCUT2D eigenvalue weighted by Crippen LogP contribution is 2.37. The molecule has 1 aromatic rings. The van der Waals surface area contributed by atoms with Gasteiger partial charge < -0.3 is 5.32 Å². The third-order valence-corrected chi connectivity index (χ3v) is 3.51. The van der Waals surface area contributed by atoms with Gasteiger partial charge in [0.25, 0.3) is 0 Å². The van der Waals surface area contributed by atoms with E-state index in [2.05, 4.69) is 41.5 Å². The van der Waals surface area contributed by atoms with Crippen LogP contribution in [0.15, 0.2) is 24.3 Å². The van der Waals surface area contributed by atoms with Gasteiger partial charge in [0.15, 0.2) is 0 Å². The predicted molar refractivity (Wildman–Crippen MR) is 61.4 cm³/mol. The summed E-state index contributed by atoms with van der Waals surface area (Å²) in [6, 6.07) is 6.29. The zero-order valence-corrected chi connectivity index (χ0v) is 9.03. The lowest BCUT2D eigenvalue weighted by molar-refractivity contribution is 0.536. The van der Waals surface area contributed by atoms with Crippen molar-refractivity contribution in [1.29, 1.82) is 0 Å². The van der Waals surface area contributed by atoms with Gasteiger partial charge in [-0.05, 0) is 49.4 Å². The third kappa shape index (κ3) is 1.59. The summed E-state index contributed by atoms with van der Waals surface area (Å²) in [7, 11) is 0. The van der Waals surface area contributed by atoms with Crippen LogP contribution >= 0.6 is 0 Å². The quantitative estimate of drug-likeness (QED) is 0.750. The second-order valence-corrected chi connectivity index (χ2v) is 4.64. The Bertz CT molecular complexity index is 409. The molecule has 0 saturated carbocycles. The SMILES string of the molecule is Cc1cccc(C2=CC3CNCC3C2)n1. The van der Waals surface area contributed by atoms with E-state index in [0.29, 0.717) is 0 Å². The van der Waals surface area contributed by atoms with E-state index in [0.717, 1.165) is 24.1 Å². The zero-order chi connectivity index (χ0) is 10.3. The van der Waals surface area contributed by atoms with E-state index >= 15 is 0 Å². The maximum atomic E-state index is 4.59. The summed E-state index contributed by atoms with van der Waals surface area (Å²) in [5.74, 6) is 1.57. The molecule has 0 bridgehead atoms. The molecule has 2 heterocycles. The summed E-state index contributed by atoms with van der Waals surface area (Å²) in [4.78, 5) is 4.59. The summed E-state index contributed by atoms with van der Waals surface area (Å²) < 4.78 is 0. The van der Waals surface area contributed by atoms with Crippen LogP contribution in [0.2, 0.25) is 0 Å². The molecule has 0 aromatic carbocycles. The van der Waals surface area contributed by atoms with Crippen molar-refractivity contribution in [2.24, 2.45) is 11.8 Å². The minimum Gasteiger partial charge on any atom is -0.316 e. The standard InChI is InChI=1S/C13H16N2/c1-9-3-2-4-13(15-9)10-5-11-7-14-8-12(11)6-10/h2-5,11-12,14H,6-8H2,1H3. The molecule has 0 amide bonds. The molecule has 1 aliphatic heterocycles. The lowest BCUT2D eigenvalue weighted by Crippen LogP contribution is -2.09. The Labute approximate surface area is 90.4 Å². The van der Waals surface area contributed by atoms with Crippen LogP contribution in [0.1, 0.15) is 17.8 Å². The van der Waals surface area contributed by atoms with Crippen LogP contribution in [0, 0.1) is 18.8 Å². The number of nitrogens with zero attached hydrogens (tertiary/aromatic N) is 1. The fourth-order valence-corrected chi connectivity index (χ4v) is 2.69. The van der Waals surface area contributed by atoms with Crippen molar-refractivity contribution in [3.63, 3.8) is 0 Å². The number of aromatic nitrogens is 1. The highest BCUT2D eigenvalue weighted by Gasteiger charge is 2.32. The largest absolute Gasteiger partial charge is 0.316 e. The molecule has 15 heavy (non-hydrogen) atoms. The number of rotatable bonds is 1. The van der Waals surface area contributed by atoms with E-state index in [1.807, 2.05) is 0 Å². The van der Waals surface area contributed by atoms with Crippen molar-refractivity contribution >= 4 is 5.57 Å². The Morgan fingerprint density at radius 1 is 1.33 bits per heavy atom. The number of aryl methyl sites for hydroxylation is 1. The number of pyridine rings is 1. The molecule has 1 aromatic heterocycles. The third-order valence-electron chi connectivity index (χ3n) is 3.51. The summed E-state index contributed by atoms with van der Waals surface area (Å²) in [5, 5.41) is 3.44. The molecular weight excluding hydrogens is 184 g/mol. The lowest BCUT2D eigenvalue weighted by Gasteiger charge is -2.06. The normalized spacial score (nSPS) is 29.0. The number of hydrogen-bond acceptors (Lipinski definition) is 2. The molecular formula is C13H16N2. The molecule has 1 N–H and O–H groups in total. The van der Waals surface area contributed by atoms with Gasteiger partial charge in [0.1, 0.15) is 0 Å². The van der Waals surface area contributed by atoms with Crippen LogP contribution in [0.25, 0.3) is 5.57 Å². The zero-order valence-electron chi connectivity index (χ0n) is 9.03. The van der Waals surface area contributed by atoms with Gasteiger partial charge in [-0.2, -0.15) is 0 Å². The molecule has 0 spiro atoms. The van der Waals surface area contributed by atoms with Crippen LogP contribution in [-0.2, 0) is 0 Å². The second kappa shape index (κ2) is 3.46. The van der Waals surface area contributed by atoms with Crippen molar-refractivity contribution < 1.29 is 0 Å². The molecule has 3 rings (SSSR count). The number of hydrogen-bond donors (Lipinski definition) is 1. The molecule has 2 heteroatoms. The van der Waals surface area contributed by atoms with Gasteiger partial charge in [-0.3, -0.25) is 4.98 Å². The van der Waals surface area contributed by atoms with Crippen molar-refractivity contribution in [2.75, 3.05) is 13.1 Å². The molecule has 1 fully saturated rings. The number of allylic oxidation sites excluding steroid dienone is 1. The average molecular weight is 200 g/mol. The maximum Gasteiger partial charge on any atom is 0.0661 e. The average Bonchev–Trinajstić information content (AvgIpc) is 2.76. The van der Waals surface area contributed by atoms with Gasteiger partial charge in [0, 0.05) is 12.2 Å². The van der Waals surface area contributed by atoms with Crippen LogP contribution in [0.5, 0.6) is 0 Å². The van der Waals surface area contributed by atoms with Gasteiger partial charge in [0.2, 0.25) is 0 Å². The Morgan fingerprint density at radius 2 is 2.27 bits per heavy atom. The first kappa shape index (κ1) is 9.10. The summed E-state index contributed by atoms with van der Waals surface area (Å²) in [5.41, 5.74) is 3.75. The first-order valence-corrected chi connectivity index (χ1v) is 5.68. The molecule has 0 radical (unpaired) electrons. The van der Waals surface area contributed by atoms with Crippen LogP contribution in [-0.4, -0.2) is 18.1 Å². The molecule has 2 unspecified atom stereocenters. The van der Waals surface area contributed by atoms with E-state index in [1.54, 1.807) is 0 Å². The van der Waals surface area contributed by atoms with Gasteiger partial charge >= 0.3 is 0 Å². The summed E-state index contributed by atoms with van der Waals surface area (Å²) in [6.45, 7) is 4.39. The Hall–Kier alpha value is -1.15. The summed E-state index contributed by atoms with van der Waals surface area (Å²) in [6.07, 6.45) is 3.63. The Balaban J connectivity index is 1.90. The van der Waals surface area contributed by atoms with Crippen molar-refractivity contribution in [3.8, 4) is 0 Å². The van der Waals surface area contributed by atoms with E-state index in [1.165, 1.54) is 24.2 Å². The van der Waals surface area contributed by atoms with E-state index in [9.17, 15) is 0 Å². The van der Waals surface area contributed by atoms with Gasteiger partial charge in [-0.25, -0.2) is 0 Å². The van der Waals surface area contributed by atoms with Crippen molar-refractivity contribution in [3.05, 3.63) is 35.7 Å². The molecule has 2 aliphatic rings. The van der Waals surface area contributed by atoms with Gasteiger partial charge in [-0.15, -0.1) is 0 Å². The fraction of sp³-hybridized carbons (Fsp3) is 0.462. The van der Waals surface area contributed by atoms with E-state index in [4.69, 9.17) is 0 Å². The number of nitrogens with one attached hydrogen (secondary N) is 1. The smallest absolute Gasteiger partial charge is 0.0661 e. The van der Waals surface area contributed by atoms with E-state index in [-0.39, 0.29) is 0 Å². The maximum absolute atomic E-state index is 4.59. The summed E-state index contributed by atoms with van der Waals surface area (Å²) >= 11 is 0. The van der Waals surface area contributed by atoms with Crippen LogP contribution in [0.3, 0.4) is 0 Å². The molecule has 2 atom stereocenters. The number of fused-ring (bicyclic) bond motifs is 1. The minimum absolute atomic E-state index is 0.752. The van der Waals surface area contributed by atoms with Gasteiger partial charge in [-0.1, -0.05) is 12.1 Å². The van der Waals surface area contributed by atoms with Crippen LogP contribution in [0.4, 0.5) is 0 Å².